The van der Waals surface area contributed by atoms with E-state index in [0.29, 0.717) is 23.2 Å². The molecule has 2 fully saturated rings. The number of hydrogen-bond acceptors (Lipinski definition) is 4. The van der Waals surface area contributed by atoms with Crippen molar-refractivity contribution in [2.24, 2.45) is 0 Å². The first-order valence-electron chi connectivity index (χ1n) is 9.39. The number of aliphatic hydroxyl groups excluding tert-OH is 1. The Bertz CT molecular complexity index is 696. The monoisotopic (exact) mass is 369 g/mol. The molecule has 0 aliphatic carbocycles. The molecule has 5 heteroatoms. The van der Waals surface area contributed by atoms with Crippen LogP contribution >= 0.6 is 0 Å². The summed E-state index contributed by atoms with van der Waals surface area (Å²) >= 11 is 0. The van der Waals surface area contributed by atoms with Crippen molar-refractivity contribution in [3.8, 4) is 0 Å². The normalized spacial score (nSPS) is 24.8. The first-order chi connectivity index (χ1) is 12.9. The zero-order valence-electron chi connectivity index (χ0n) is 15.5. The fourth-order valence-corrected chi connectivity index (χ4v) is 4.16. The van der Waals surface area contributed by atoms with Crippen molar-refractivity contribution in [1.82, 2.24) is 4.90 Å². The number of aliphatic carboxylic acids is 1. The Hall–Kier alpha value is -2.21. The molecule has 0 saturated carbocycles. The summed E-state index contributed by atoms with van der Waals surface area (Å²) in [6.45, 7) is 0. The van der Waals surface area contributed by atoms with Crippen molar-refractivity contribution in [3.05, 3.63) is 71.8 Å². The molecule has 0 aromatic heterocycles. The van der Waals surface area contributed by atoms with E-state index in [1.54, 1.807) is 60.7 Å². The second-order valence-electron chi connectivity index (χ2n) is 7.42. The molecule has 0 spiro atoms. The number of nitrogens with zero attached hydrogens (tertiary/aromatic N) is 1. The largest absolute Gasteiger partial charge is 0.479 e. The highest BCUT2D eigenvalue weighted by atomic mass is 16.4. The number of fused-ring (bicyclic) bond motifs is 2. The van der Waals surface area contributed by atoms with Crippen LogP contribution < -0.4 is 0 Å². The molecule has 2 aromatic rings. The van der Waals surface area contributed by atoms with Gasteiger partial charge in [-0.05, 0) is 43.9 Å². The number of carboxylic acids is 1. The molecule has 4 rings (SSSR count). The fourth-order valence-electron chi connectivity index (χ4n) is 4.16. The topological polar surface area (TPSA) is 81.0 Å². The van der Waals surface area contributed by atoms with Crippen molar-refractivity contribution in [2.45, 2.75) is 49.5 Å². The molecule has 2 heterocycles. The van der Waals surface area contributed by atoms with Gasteiger partial charge in [0.15, 0.2) is 0 Å². The minimum absolute atomic E-state index is 0.00583. The first kappa shape index (κ1) is 19.5. The van der Waals surface area contributed by atoms with E-state index in [0.717, 1.165) is 12.8 Å². The van der Waals surface area contributed by atoms with Crippen molar-refractivity contribution in [1.29, 1.82) is 0 Å². The second-order valence-corrected chi connectivity index (χ2v) is 7.42. The van der Waals surface area contributed by atoms with Gasteiger partial charge in [-0.1, -0.05) is 60.7 Å². The Labute approximate surface area is 159 Å². The molecule has 0 amide bonds. The molecule has 144 valence electrons. The number of aliphatic hydroxyl groups is 2. The summed E-state index contributed by atoms with van der Waals surface area (Å²) in [5.41, 5.74) is -1.31. The van der Waals surface area contributed by atoms with Crippen LogP contribution in [0, 0.1) is 0 Å². The Morgan fingerprint density at radius 1 is 0.926 bits per heavy atom. The highest BCUT2D eigenvalue weighted by molar-refractivity contribution is 5.83. The molecule has 5 nitrogen and oxygen atoms in total. The van der Waals surface area contributed by atoms with E-state index >= 15 is 0 Å². The van der Waals surface area contributed by atoms with Crippen molar-refractivity contribution < 1.29 is 20.1 Å². The molecule has 2 saturated heterocycles. The van der Waals surface area contributed by atoms with Gasteiger partial charge in [-0.25, -0.2) is 4.79 Å². The number of rotatable bonds is 3. The molecule has 2 aromatic carbocycles. The van der Waals surface area contributed by atoms with E-state index in [2.05, 4.69) is 11.9 Å². The lowest BCUT2D eigenvalue weighted by Gasteiger charge is -2.33. The molecular weight excluding hydrogens is 342 g/mol. The van der Waals surface area contributed by atoms with Gasteiger partial charge in [0.05, 0.1) is 6.10 Å². The van der Waals surface area contributed by atoms with E-state index in [1.807, 2.05) is 0 Å². The SMILES string of the molecule is CN1[C@@H]2CC[C@H]1C[C@@H](O)C2.O=C(O)C(O)(c1ccccc1)c1ccccc1. The summed E-state index contributed by atoms with van der Waals surface area (Å²) < 4.78 is 0. The summed E-state index contributed by atoms with van der Waals surface area (Å²) in [5, 5.41) is 29.1. The minimum atomic E-state index is -2.00. The Morgan fingerprint density at radius 2 is 1.33 bits per heavy atom. The predicted molar refractivity (Wildman–Crippen MR) is 103 cm³/mol. The molecule has 3 N–H and O–H groups in total. The van der Waals surface area contributed by atoms with Gasteiger partial charge in [0, 0.05) is 12.1 Å². The number of benzene rings is 2. The van der Waals surface area contributed by atoms with Crippen LogP contribution in [0.25, 0.3) is 0 Å². The van der Waals surface area contributed by atoms with Gasteiger partial charge in [-0.3, -0.25) is 0 Å². The predicted octanol–water partition coefficient (Wildman–Crippen LogP) is 2.61. The van der Waals surface area contributed by atoms with Crippen LogP contribution in [0.15, 0.2) is 60.7 Å². The summed E-state index contributed by atoms with van der Waals surface area (Å²) in [6, 6.07) is 18.1. The van der Waals surface area contributed by atoms with E-state index in [9.17, 15) is 20.1 Å². The van der Waals surface area contributed by atoms with Crippen LogP contribution in [-0.2, 0) is 10.4 Å². The average Bonchev–Trinajstić information content (AvgIpc) is 2.90. The van der Waals surface area contributed by atoms with Crippen molar-refractivity contribution in [3.63, 3.8) is 0 Å². The van der Waals surface area contributed by atoms with Gasteiger partial charge in [-0.2, -0.15) is 0 Å². The zero-order valence-corrected chi connectivity index (χ0v) is 15.5. The van der Waals surface area contributed by atoms with E-state index < -0.39 is 11.6 Å². The molecule has 27 heavy (non-hydrogen) atoms. The van der Waals surface area contributed by atoms with E-state index in [4.69, 9.17) is 0 Å². The van der Waals surface area contributed by atoms with Crippen molar-refractivity contribution in [2.75, 3.05) is 7.05 Å². The third-order valence-electron chi connectivity index (χ3n) is 5.77. The Kier molecular flexibility index (Phi) is 5.95. The summed E-state index contributed by atoms with van der Waals surface area (Å²) in [7, 11) is 2.19. The van der Waals surface area contributed by atoms with Crippen LogP contribution in [0.1, 0.15) is 36.8 Å². The number of hydrogen-bond donors (Lipinski definition) is 3. The van der Waals surface area contributed by atoms with Gasteiger partial charge in [0.25, 0.3) is 0 Å². The third kappa shape index (κ3) is 4.05. The third-order valence-corrected chi connectivity index (χ3v) is 5.77. The maximum absolute atomic E-state index is 11.4. The number of carbonyl (C=O) groups is 1. The fraction of sp³-hybridized carbons (Fsp3) is 0.409. The Balaban J connectivity index is 0.000000177. The first-order valence-corrected chi connectivity index (χ1v) is 9.39. The lowest BCUT2D eigenvalue weighted by atomic mass is 9.86. The highest BCUT2D eigenvalue weighted by Gasteiger charge is 2.40. The van der Waals surface area contributed by atoms with Crippen LogP contribution in [0.5, 0.6) is 0 Å². The second kappa shape index (κ2) is 8.21. The van der Waals surface area contributed by atoms with Crippen LogP contribution in [0.4, 0.5) is 0 Å². The summed E-state index contributed by atoms with van der Waals surface area (Å²) in [4.78, 5) is 13.8. The molecule has 2 bridgehead atoms. The molecule has 2 aliphatic rings. The van der Waals surface area contributed by atoms with Gasteiger partial charge in [0.2, 0.25) is 5.60 Å². The van der Waals surface area contributed by atoms with Gasteiger partial charge in [0.1, 0.15) is 0 Å². The summed E-state index contributed by atoms with van der Waals surface area (Å²) in [5.74, 6) is -1.28. The lowest BCUT2D eigenvalue weighted by Crippen LogP contribution is -2.41. The number of carboxylic acid groups (broad SMARTS) is 1. The molecule has 0 radical (unpaired) electrons. The van der Waals surface area contributed by atoms with Crippen molar-refractivity contribution >= 4 is 5.97 Å². The maximum atomic E-state index is 11.4. The maximum Gasteiger partial charge on any atom is 0.345 e. The summed E-state index contributed by atoms with van der Waals surface area (Å²) in [6.07, 6.45) is 4.62. The Morgan fingerprint density at radius 3 is 1.70 bits per heavy atom. The quantitative estimate of drug-likeness (QED) is 0.775. The number of piperidine rings is 1. The zero-order chi connectivity index (χ0) is 19.4. The van der Waals surface area contributed by atoms with Crippen LogP contribution in [0.3, 0.4) is 0 Å². The van der Waals surface area contributed by atoms with E-state index in [-0.39, 0.29) is 6.10 Å². The van der Waals surface area contributed by atoms with Gasteiger partial charge in [-0.15, -0.1) is 0 Å². The van der Waals surface area contributed by atoms with E-state index in [1.165, 1.54) is 12.8 Å². The molecule has 0 unspecified atom stereocenters. The molecule has 2 aliphatic heterocycles. The highest BCUT2D eigenvalue weighted by Crippen LogP contribution is 2.34. The van der Waals surface area contributed by atoms with Gasteiger partial charge >= 0.3 is 5.97 Å². The van der Waals surface area contributed by atoms with Gasteiger partial charge < -0.3 is 20.2 Å². The molecule has 3 atom stereocenters. The minimum Gasteiger partial charge on any atom is -0.479 e. The smallest absolute Gasteiger partial charge is 0.345 e. The van der Waals surface area contributed by atoms with Crippen LogP contribution in [0.2, 0.25) is 0 Å². The lowest BCUT2D eigenvalue weighted by molar-refractivity contribution is -0.155. The molecular formula is C22H27NO4. The van der Waals surface area contributed by atoms with Crippen LogP contribution in [-0.4, -0.2) is 51.4 Å². The average molecular weight is 369 g/mol. The standard InChI is InChI=1S/C14H12O3.C8H15NO/c15-13(16)14(17,11-7-3-1-4-8-11)12-9-5-2-6-10-12;1-9-6-2-3-7(9)5-8(10)4-6/h1-10,17H,(H,15,16);6-8,10H,2-5H2,1H3/t;6-,7+,8+.